The zero-order valence-corrected chi connectivity index (χ0v) is 12.3. The van der Waals surface area contributed by atoms with Crippen molar-refractivity contribution < 1.29 is 14.3 Å². The number of nitrogen functional groups attached to an aromatic ring is 1. The molecule has 0 aliphatic carbocycles. The second-order valence-electron chi connectivity index (χ2n) is 4.07. The smallest absolute Gasteiger partial charge is 0.350 e. The van der Waals surface area contributed by atoms with Crippen molar-refractivity contribution >= 4 is 23.0 Å². The lowest BCUT2D eigenvalue weighted by molar-refractivity contribution is 0.0533. The minimum absolute atomic E-state index is 0.342. The van der Waals surface area contributed by atoms with E-state index in [1.54, 1.807) is 13.0 Å². The van der Waals surface area contributed by atoms with Gasteiger partial charge in [0, 0.05) is 4.88 Å². The number of ether oxygens (including phenoxy) is 2. The van der Waals surface area contributed by atoms with Crippen molar-refractivity contribution in [2.45, 2.75) is 13.8 Å². The van der Waals surface area contributed by atoms with Gasteiger partial charge in [-0.1, -0.05) is 0 Å². The van der Waals surface area contributed by atoms with Crippen molar-refractivity contribution in [1.82, 2.24) is 0 Å². The molecule has 106 valence electrons. The molecule has 0 bridgehead atoms. The quantitative estimate of drug-likeness (QED) is 0.855. The van der Waals surface area contributed by atoms with Crippen molar-refractivity contribution in [3.8, 4) is 16.2 Å². The maximum atomic E-state index is 11.7. The summed E-state index contributed by atoms with van der Waals surface area (Å²) in [7, 11) is 0. The minimum atomic E-state index is -0.368. The summed E-state index contributed by atoms with van der Waals surface area (Å²) in [6.45, 7) is 4.70. The van der Waals surface area contributed by atoms with Crippen molar-refractivity contribution in [1.29, 1.82) is 0 Å². The van der Waals surface area contributed by atoms with E-state index in [2.05, 4.69) is 0 Å². The van der Waals surface area contributed by atoms with Crippen molar-refractivity contribution in [3.05, 3.63) is 35.2 Å². The topological polar surface area (TPSA) is 61.5 Å². The fourth-order valence-electron chi connectivity index (χ4n) is 1.79. The van der Waals surface area contributed by atoms with Crippen molar-refractivity contribution in [3.63, 3.8) is 0 Å². The third-order valence-corrected chi connectivity index (χ3v) is 3.85. The zero-order chi connectivity index (χ0) is 14.5. The predicted molar refractivity (Wildman–Crippen MR) is 81.3 cm³/mol. The summed E-state index contributed by atoms with van der Waals surface area (Å²) in [5.74, 6) is 0.457. The van der Waals surface area contributed by atoms with E-state index >= 15 is 0 Å². The lowest BCUT2D eigenvalue weighted by atomic mass is 10.2. The van der Waals surface area contributed by atoms with Gasteiger partial charge in [0.25, 0.3) is 0 Å². The van der Waals surface area contributed by atoms with Crippen LogP contribution in [0.1, 0.15) is 23.5 Å². The van der Waals surface area contributed by atoms with Crippen LogP contribution in [0.2, 0.25) is 0 Å². The first-order valence-electron chi connectivity index (χ1n) is 6.45. The van der Waals surface area contributed by atoms with Crippen LogP contribution in [-0.4, -0.2) is 19.2 Å². The summed E-state index contributed by atoms with van der Waals surface area (Å²) in [6, 6.07) is 9.50. The summed E-state index contributed by atoms with van der Waals surface area (Å²) >= 11 is 1.34. The summed E-state index contributed by atoms with van der Waals surface area (Å²) in [5.41, 5.74) is 7.33. The van der Waals surface area contributed by atoms with Crippen LogP contribution in [0.3, 0.4) is 0 Å². The molecule has 1 heterocycles. The average Bonchev–Trinajstić information content (AvgIpc) is 2.82. The van der Waals surface area contributed by atoms with Crippen LogP contribution in [-0.2, 0) is 4.74 Å². The number of esters is 1. The molecule has 0 unspecified atom stereocenters. The highest BCUT2D eigenvalue weighted by Crippen LogP contribution is 2.34. The Morgan fingerprint density at radius 3 is 2.50 bits per heavy atom. The van der Waals surface area contributed by atoms with Gasteiger partial charge in [0.1, 0.15) is 10.6 Å². The molecule has 1 aromatic carbocycles. The average molecular weight is 291 g/mol. The first-order valence-corrected chi connectivity index (χ1v) is 7.27. The summed E-state index contributed by atoms with van der Waals surface area (Å²) in [4.78, 5) is 13.1. The van der Waals surface area contributed by atoms with Crippen LogP contribution < -0.4 is 10.5 Å². The molecule has 0 amide bonds. The molecule has 0 saturated carbocycles. The minimum Gasteiger partial charge on any atom is -0.494 e. The number of thiophene rings is 1. The fraction of sp³-hybridized carbons (Fsp3) is 0.267. The Morgan fingerprint density at radius 1 is 1.20 bits per heavy atom. The Hall–Kier alpha value is -2.01. The van der Waals surface area contributed by atoms with Gasteiger partial charge in [-0.2, -0.15) is 0 Å². The van der Waals surface area contributed by atoms with Crippen LogP contribution in [0.4, 0.5) is 5.69 Å². The lowest BCUT2D eigenvalue weighted by Gasteiger charge is -2.03. The zero-order valence-electron chi connectivity index (χ0n) is 11.5. The second-order valence-corrected chi connectivity index (χ2v) is 5.13. The molecular formula is C15H17NO3S. The molecule has 4 nitrogen and oxygen atoms in total. The molecule has 0 atom stereocenters. The van der Waals surface area contributed by atoms with E-state index in [1.807, 2.05) is 31.2 Å². The SMILES string of the molecule is CCOC(=O)c1sc(-c2ccc(OCC)cc2)cc1N. The molecule has 0 saturated heterocycles. The van der Waals surface area contributed by atoms with E-state index in [9.17, 15) is 4.79 Å². The van der Waals surface area contributed by atoms with E-state index < -0.39 is 0 Å². The number of rotatable bonds is 5. The number of carbonyl (C=O) groups is 1. The summed E-state index contributed by atoms with van der Waals surface area (Å²) in [6.07, 6.45) is 0. The molecule has 1 aromatic heterocycles. The number of hydrogen-bond acceptors (Lipinski definition) is 5. The molecule has 0 aliphatic heterocycles. The van der Waals surface area contributed by atoms with Gasteiger partial charge < -0.3 is 15.2 Å². The normalized spacial score (nSPS) is 10.3. The Bertz CT molecular complexity index is 590. The Kier molecular flexibility index (Phi) is 4.63. The maximum absolute atomic E-state index is 11.7. The molecular weight excluding hydrogens is 274 g/mol. The van der Waals surface area contributed by atoms with Crippen LogP contribution >= 0.6 is 11.3 Å². The second kappa shape index (κ2) is 6.43. The number of anilines is 1. The van der Waals surface area contributed by atoms with Crippen LogP contribution in [0.25, 0.3) is 10.4 Å². The Labute approximate surface area is 122 Å². The van der Waals surface area contributed by atoms with Crippen LogP contribution in [0, 0.1) is 0 Å². The highest BCUT2D eigenvalue weighted by molar-refractivity contribution is 7.18. The lowest BCUT2D eigenvalue weighted by Crippen LogP contribution is -2.04. The molecule has 0 aliphatic rings. The maximum Gasteiger partial charge on any atom is 0.350 e. The molecule has 2 rings (SSSR count). The molecule has 2 aromatic rings. The molecule has 2 N–H and O–H groups in total. The monoisotopic (exact) mass is 291 g/mol. The Morgan fingerprint density at radius 2 is 1.90 bits per heavy atom. The van der Waals surface area contributed by atoms with E-state index in [0.717, 1.165) is 16.2 Å². The van der Waals surface area contributed by atoms with Gasteiger partial charge in [-0.05, 0) is 49.7 Å². The molecule has 20 heavy (non-hydrogen) atoms. The summed E-state index contributed by atoms with van der Waals surface area (Å²) in [5, 5.41) is 0. The van der Waals surface area contributed by atoms with Gasteiger partial charge in [-0.25, -0.2) is 4.79 Å². The molecule has 0 spiro atoms. The van der Waals surface area contributed by atoms with Gasteiger partial charge in [0.2, 0.25) is 0 Å². The fourth-order valence-corrected chi connectivity index (χ4v) is 2.76. The molecule has 0 radical (unpaired) electrons. The number of benzene rings is 1. The molecule has 0 fully saturated rings. The highest BCUT2D eigenvalue weighted by Gasteiger charge is 2.16. The van der Waals surface area contributed by atoms with E-state index in [4.69, 9.17) is 15.2 Å². The highest BCUT2D eigenvalue weighted by atomic mass is 32.1. The standard InChI is InChI=1S/C15H17NO3S/c1-3-18-11-7-5-10(6-8-11)13-9-12(16)14(20-13)15(17)19-4-2/h5-9H,3-4,16H2,1-2H3. The van der Waals surface area contributed by atoms with E-state index in [-0.39, 0.29) is 5.97 Å². The van der Waals surface area contributed by atoms with E-state index in [1.165, 1.54) is 11.3 Å². The van der Waals surface area contributed by atoms with Crippen molar-refractivity contribution in [2.75, 3.05) is 18.9 Å². The molecule has 5 heteroatoms. The predicted octanol–water partition coefficient (Wildman–Crippen LogP) is 3.57. The van der Waals surface area contributed by atoms with Gasteiger partial charge in [-0.3, -0.25) is 0 Å². The first-order chi connectivity index (χ1) is 9.65. The van der Waals surface area contributed by atoms with Gasteiger partial charge in [0.15, 0.2) is 0 Å². The first kappa shape index (κ1) is 14.4. The number of hydrogen-bond donors (Lipinski definition) is 1. The number of nitrogens with two attached hydrogens (primary N) is 1. The van der Waals surface area contributed by atoms with Gasteiger partial charge >= 0.3 is 5.97 Å². The largest absolute Gasteiger partial charge is 0.494 e. The van der Waals surface area contributed by atoms with Crippen molar-refractivity contribution in [2.24, 2.45) is 0 Å². The van der Waals surface area contributed by atoms with Crippen LogP contribution in [0.5, 0.6) is 5.75 Å². The van der Waals surface area contributed by atoms with E-state index in [0.29, 0.717) is 23.8 Å². The Balaban J connectivity index is 2.25. The third kappa shape index (κ3) is 3.11. The number of carbonyl (C=O) groups excluding carboxylic acids is 1. The third-order valence-electron chi connectivity index (χ3n) is 2.67. The van der Waals surface area contributed by atoms with Crippen LogP contribution in [0.15, 0.2) is 30.3 Å². The van der Waals surface area contributed by atoms with Gasteiger partial charge in [0.05, 0.1) is 18.9 Å². The summed E-state index contributed by atoms with van der Waals surface area (Å²) < 4.78 is 10.4. The van der Waals surface area contributed by atoms with Gasteiger partial charge in [-0.15, -0.1) is 11.3 Å².